The summed E-state index contributed by atoms with van der Waals surface area (Å²) in [7, 11) is 0. The minimum absolute atomic E-state index is 0. The third-order valence-corrected chi connectivity index (χ3v) is 0.793. The number of unbranched alkanes of at least 4 members (excludes halogenated alkanes) is 1. The summed E-state index contributed by atoms with van der Waals surface area (Å²) in [6.07, 6.45) is 0.412. The van der Waals surface area contributed by atoms with Gasteiger partial charge >= 0.3 is 37.7 Å². The summed E-state index contributed by atoms with van der Waals surface area (Å²) in [6.45, 7) is 1.96. The van der Waals surface area contributed by atoms with E-state index in [0.717, 1.165) is 12.8 Å². The summed E-state index contributed by atoms with van der Waals surface area (Å²) < 4.78 is 0. The van der Waals surface area contributed by atoms with Crippen LogP contribution in [0.2, 0.25) is 0 Å². The fourth-order valence-electron chi connectivity index (χ4n) is 0.371. The van der Waals surface area contributed by atoms with Gasteiger partial charge in [-0.25, -0.2) is 6.29 Å². The molecule has 0 aliphatic heterocycles. The Morgan fingerprint density at radius 2 is 1.88 bits per heavy atom. The van der Waals surface area contributed by atoms with Crippen LogP contribution in [0.1, 0.15) is 26.2 Å². The fraction of sp³-hybridized carbons (Fsp3) is 1.00. The zero-order chi connectivity index (χ0) is 5.70. The average molecular weight is 142 g/mol. The first-order chi connectivity index (χ1) is 3.27. The van der Waals surface area contributed by atoms with Gasteiger partial charge < -0.3 is 10.2 Å². The van der Waals surface area contributed by atoms with Crippen molar-refractivity contribution in [2.75, 3.05) is 0 Å². The van der Waals surface area contributed by atoms with Crippen LogP contribution >= 0.6 is 0 Å². The predicted molar refractivity (Wildman–Crippen MR) is 29.1 cm³/mol. The molecule has 0 bridgehead atoms. The van der Waals surface area contributed by atoms with Crippen molar-refractivity contribution < 1.29 is 10.2 Å². The van der Waals surface area contributed by atoms with E-state index in [0.29, 0.717) is 0 Å². The molecule has 44 valence electrons. The summed E-state index contributed by atoms with van der Waals surface area (Å²) in [4.78, 5) is 0. The Morgan fingerprint density at radius 3 is 2.00 bits per heavy atom. The molecule has 0 saturated carbocycles. The zero-order valence-electron chi connectivity index (χ0n) is 5.22. The molecule has 0 aromatic carbocycles. The zero-order valence-corrected chi connectivity index (χ0v) is 7.43. The first-order valence-corrected chi connectivity index (χ1v) is 2.59. The van der Waals surface area contributed by atoms with Crippen molar-refractivity contribution in [1.29, 1.82) is 0 Å². The van der Waals surface area contributed by atoms with Crippen molar-refractivity contribution in [2.24, 2.45) is 0 Å². The Kier molecular flexibility index (Phi) is 12.2. The van der Waals surface area contributed by atoms with Gasteiger partial charge in [-0.2, -0.15) is 0 Å². The quantitative estimate of drug-likeness (QED) is 0.369. The van der Waals surface area contributed by atoms with Gasteiger partial charge in [0.1, 0.15) is 0 Å². The van der Waals surface area contributed by atoms with Gasteiger partial charge in [0.25, 0.3) is 0 Å². The molecule has 0 heterocycles. The standard InChI is InChI=1S/C5H10O2.Ca/c1-2-3-4-5(6)7;/h5H,2-4H2,1H3;/q-2;+2. The molecule has 0 atom stereocenters. The largest absolute Gasteiger partial charge is 2.00 e. The Labute approximate surface area is 79.9 Å². The third kappa shape index (κ3) is 10.2. The summed E-state index contributed by atoms with van der Waals surface area (Å²) >= 11 is 0. The minimum Gasteiger partial charge on any atom is -0.865 e. The van der Waals surface area contributed by atoms with Crippen molar-refractivity contribution in [3.8, 4) is 0 Å². The SMILES string of the molecule is CCCCC([O-])[O-].[Ca+2]. The van der Waals surface area contributed by atoms with Gasteiger partial charge in [0.15, 0.2) is 0 Å². The topological polar surface area (TPSA) is 46.1 Å². The molecule has 0 rings (SSSR count). The van der Waals surface area contributed by atoms with Crippen molar-refractivity contribution >= 4 is 37.7 Å². The number of hydrogen-bond donors (Lipinski definition) is 0. The first-order valence-electron chi connectivity index (χ1n) is 2.59. The van der Waals surface area contributed by atoms with Crippen LogP contribution in [0.15, 0.2) is 0 Å². The molecule has 8 heavy (non-hydrogen) atoms. The van der Waals surface area contributed by atoms with Crippen LogP contribution in [0.25, 0.3) is 0 Å². The van der Waals surface area contributed by atoms with Crippen LogP contribution in [0, 0.1) is 0 Å². The Bertz CT molecular complexity index is 39.4. The van der Waals surface area contributed by atoms with E-state index in [1.807, 2.05) is 6.92 Å². The van der Waals surface area contributed by atoms with Gasteiger partial charge in [0.05, 0.1) is 0 Å². The molecular formula is C5H10CaO2. The maximum absolute atomic E-state index is 9.73. The smallest absolute Gasteiger partial charge is 0.865 e. The van der Waals surface area contributed by atoms with Crippen LogP contribution in [-0.4, -0.2) is 44.0 Å². The molecule has 0 unspecified atom stereocenters. The maximum atomic E-state index is 9.73. The minimum atomic E-state index is -1.60. The molecule has 0 aromatic heterocycles. The maximum Gasteiger partial charge on any atom is 2.00 e. The monoisotopic (exact) mass is 142 g/mol. The van der Waals surface area contributed by atoms with E-state index in [1.54, 1.807) is 0 Å². The second-order valence-corrected chi connectivity index (χ2v) is 1.57. The summed E-state index contributed by atoms with van der Waals surface area (Å²) in [6, 6.07) is 0. The van der Waals surface area contributed by atoms with Crippen molar-refractivity contribution in [2.45, 2.75) is 32.5 Å². The van der Waals surface area contributed by atoms with Crippen molar-refractivity contribution in [3.63, 3.8) is 0 Å². The van der Waals surface area contributed by atoms with E-state index in [1.165, 1.54) is 0 Å². The van der Waals surface area contributed by atoms with E-state index in [9.17, 15) is 10.2 Å². The van der Waals surface area contributed by atoms with Crippen LogP contribution in [0.3, 0.4) is 0 Å². The molecule has 0 spiro atoms. The molecule has 0 aliphatic rings. The fourth-order valence-corrected chi connectivity index (χ4v) is 0.371. The molecule has 0 N–H and O–H groups in total. The molecule has 0 fully saturated rings. The van der Waals surface area contributed by atoms with Gasteiger partial charge in [-0.05, 0) is 0 Å². The summed E-state index contributed by atoms with van der Waals surface area (Å²) in [5.41, 5.74) is 0. The number of hydrogen-bond acceptors (Lipinski definition) is 2. The van der Waals surface area contributed by atoms with Gasteiger partial charge in [-0.3, -0.25) is 0 Å². The van der Waals surface area contributed by atoms with Crippen LogP contribution in [0.4, 0.5) is 0 Å². The van der Waals surface area contributed by atoms with Gasteiger partial charge in [-0.1, -0.05) is 26.2 Å². The van der Waals surface area contributed by atoms with E-state index in [-0.39, 0.29) is 44.2 Å². The van der Waals surface area contributed by atoms with Crippen LogP contribution in [-0.2, 0) is 0 Å². The molecular weight excluding hydrogens is 132 g/mol. The first kappa shape index (κ1) is 11.9. The second kappa shape index (κ2) is 8.18. The van der Waals surface area contributed by atoms with Crippen LogP contribution in [0.5, 0.6) is 0 Å². The summed E-state index contributed by atoms with van der Waals surface area (Å²) in [5.74, 6) is 0. The van der Waals surface area contributed by atoms with Crippen molar-refractivity contribution in [3.05, 3.63) is 0 Å². The number of rotatable bonds is 3. The Hall–Kier alpha value is 1.18. The van der Waals surface area contributed by atoms with Gasteiger partial charge in [0, 0.05) is 0 Å². The predicted octanol–water partition coefficient (Wildman–Crippen LogP) is -1.16. The van der Waals surface area contributed by atoms with E-state index < -0.39 is 6.29 Å². The Balaban J connectivity index is 0. The van der Waals surface area contributed by atoms with Gasteiger partial charge in [0.2, 0.25) is 0 Å². The molecule has 0 amide bonds. The van der Waals surface area contributed by atoms with E-state index in [2.05, 4.69) is 0 Å². The molecule has 0 aliphatic carbocycles. The van der Waals surface area contributed by atoms with Crippen LogP contribution < -0.4 is 10.2 Å². The van der Waals surface area contributed by atoms with E-state index >= 15 is 0 Å². The molecule has 3 heteroatoms. The van der Waals surface area contributed by atoms with Crippen molar-refractivity contribution in [1.82, 2.24) is 0 Å². The second-order valence-electron chi connectivity index (χ2n) is 1.57. The van der Waals surface area contributed by atoms with Gasteiger partial charge in [-0.15, -0.1) is 0 Å². The normalized spacial score (nSPS) is 9.00. The van der Waals surface area contributed by atoms with E-state index in [4.69, 9.17) is 0 Å². The third-order valence-electron chi connectivity index (χ3n) is 0.793. The molecule has 0 radical (unpaired) electrons. The molecule has 0 saturated heterocycles. The summed E-state index contributed by atoms with van der Waals surface area (Å²) in [5, 5.41) is 19.5. The average Bonchev–Trinajstić information content (AvgIpc) is 1.61. The Morgan fingerprint density at radius 1 is 1.38 bits per heavy atom. The molecule has 0 aromatic rings. The molecule has 2 nitrogen and oxygen atoms in total.